The monoisotopic (exact) mass is 346 g/mol. The molecule has 124 valence electrons. The highest BCUT2D eigenvalue weighted by Crippen LogP contribution is 2.40. The van der Waals surface area contributed by atoms with Crippen LogP contribution in [-0.4, -0.2) is 42.0 Å². The fourth-order valence-electron chi connectivity index (χ4n) is 2.51. The molecule has 1 N–H and O–H groups in total. The molecular weight excluding hydrogens is 332 g/mol. The lowest BCUT2D eigenvalue weighted by Crippen LogP contribution is -2.40. The van der Waals surface area contributed by atoms with Gasteiger partial charge in [0.2, 0.25) is 0 Å². The van der Waals surface area contributed by atoms with Crippen LogP contribution >= 0.6 is 11.8 Å². The Bertz CT molecular complexity index is 735. The maximum atomic E-state index is 12.3. The number of nitro benzene ring substituents is 1. The van der Waals surface area contributed by atoms with Crippen LogP contribution in [0.3, 0.4) is 0 Å². The highest BCUT2D eigenvalue weighted by molar-refractivity contribution is 8.03. The van der Waals surface area contributed by atoms with Gasteiger partial charge in [0.15, 0.2) is 0 Å². The van der Waals surface area contributed by atoms with E-state index in [1.165, 1.54) is 23.9 Å². The Morgan fingerprint density at radius 3 is 2.58 bits per heavy atom. The molecule has 0 bridgehead atoms. The molecule has 0 aliphatic carbocycles. The summed E-state index contributed by atoms with van der Waals surface area (Å²) in [5.41, 5.74) is 0.828. The first-order valence-corrected chi connectivity index (χ1v) is 8.17. The molecule has 24 heavy (non-hydrogen) atoms. The minimum atomic E-state index is -0.469. The second-order valence-electron chi connectivity index (χ2n) is 5.21. The van der Waals surface area contributed by atoms with E-state index in [2.05, 4.69) is 5.32 Å². The summed E-state index contributed by atoms with van der Waals surface area (Å²) in [6.45, 7) is 2.33. The van der Waals surface area contributed by atoms with Gasteiger partial charge >= 0.3 is 0 Å². The topological polar surface area (TPSA) is 108 Å². The van der Waals surface area contributed by atoms with E-state index < -0.39 is 16.2 Å². The number of non-ortho nitro benzene ring substituents is 1. The van der Waals surface area contributed by atoms with E-state index in [4.69, 9.17) is 4.74 Å². The quantitative estimate of drug-likeness (QED) is 0.653. The molecule has 3 rings (SSSR count). The van der Waals surface area contributed by atoms with Gasteiger partial charge in [-0.15, -0.1) is 0 Å². The molecule has 1 atom stereocenters. The first-order chi connectivity index (χ1) is 11.6. The van der Waals surface area contributed by atoms with Crippen molar-refractivity contribution in [3.63, 3.8) is 0 Å². The molecule has 1 saturated heterocycles. The van der Waals surface area contributed by atoms with Crippen LogP contribution < -0.4 is 5.32 Å². The Balaban J connectivity index is 1.87. The van der Waals surface area contributed by atoms with Gasteiger partial charge in [0.25, 0.3) is 11.6 Å². The van der Waals surface area contributed by atoms with Crippen LogP contribution in [0.1, 0.15) is 10.9 Å². The fourth-order valence-corrected chi connectivity index (χ4v) is 3.78. The predicted molar refractivity (Wildman–Crippen MR) is 86.6 cm³/mol. The third kappa shape index (κ3) is 3.20. The molecule has 1 amide bonds. The fraction of sp³-hybridized carbons (Fsp3) is 0.333. The van der Waals surface area contributed by atoms with Gasteiger partial charge in [0.1, 0.15) is 17.0 Å². The van der Waals surface area contributed by atoms with E-state index >= 15 is 0 Å². The molecule has 1 fully saturated rings. The maximum absolute atomic E-state index is 12.3. The number of nitriles is 1. The number of thioether (sulfide) groups is 1. The summed E-state index contributed by atoms with van der Waals surface area (Å²) in [6.07, 6.45) is 0. The third-order valence-corrected chi connectivity index (χ3v) is 5.06. The highest BCUT2D eigenvalue weighted by atomic mass is 32.2. The summed E-state index contributed by atoms with van der Waals surface area (Å²) < 4.78 is 5.31. The normalized spacial score (nSPS) is 21.2. The summed E-state index contributed by atoms with van der Waals surface area (Å²) >= 11 is 1.37. The zero-order valence-electron chi connectivity index (χ0n) is 12.6. The summed E-state index contributed by atoms with van der Waals surface area (Å²) in [5, 5.41) is 23.1. The molecule has 0 radical (unpaired) electrons. The Morgan fingerprint density at radius 2 is 2.00 bits per heavy atom. The van der Waals surface area contributed by atoms with Crippen molar-refractivity contribution in [1.29, 1.82) is 5.26 Å². The summed E-state index contributed by atoms with van der Waals surface area (Å²) in [7, 11) is 0. The lowest BCUT2D eigenvalue weighted by molar-refractivity contribution is -0.384. The number of carbonyl (C=O) groups excluding carboxylic acids is 1. The minimum Gasteiger partial charge on any atom is -0.378 e. The molecule has 0 spiro atoms. The summed E-state index contributed by atoms with van der Waals surface area (Å²) in [6, 6.07) is 8.01. The SMILES string of the molecule is N#CC1=C(N2CCOCC2)S[C@@H](c2ccc([N+](=O)[O-])cc2)NC1=O. The van der Waals surface area contributed by atoms with Gasteiger partial charge in [-0.25, -0.2) is 0 Å². The van der Waals surface area contributed by atoms with E-state index in [0.29, 0.717) is 31.3 Å². The molecule has 2 heterocycles. The number of amides is 1. The Morgan fingerprint density at radius 1 is 1.33 bits per heavy atom. The summed E-state index contributed by atoms with van der Waals surface area (Å²) in [4.78, 5) is 24.5. The molecule has 0 saturated carbocycles. The molecule has 8 nitrogen and oxygen atoms in total. The van der Waals surface area contributed by atoms with Gasteiger partial charge in [0, 0.05) is 25.2 Å². The maximum Gasteiger partial charge on any atom is 0.269 e. The van der Waals surface area contributed by atoms with E-state index in [0.717, 1.165) is 5.56 Å². The van der Waals surface area contributed by atoms with Crippen molar-refractivity contribution < 1.29 is 14.5 Å². The van der Waals surface area contributed by atoms with Crippen LogP contribution in [0.15, 0.2) is 34.9 Å². The summed E-state index contributed by atoms with van der Waals surface area (Å²) in [5.74, 6) is -0.430. The van der Waals surface area contributed by atoms with Gasteiger partial charge < -0.3 is 15.0 Å². The zero-order valence-corrected chi connectivity index (χ0v) is 13.4. The van der Waals surface area contributed by atoms with Crippen LogP contribution in [0.4, 0.5) is 5.69 Å². The lowest BCUT2D eigenvalue weighted by Gasteiger charge is -2.35. The van der Waals surface area contributed by atoms with E-state index in [1.807, 2.05) is 11.0 Å². The minimum absolute atomic E-state index is 0.00690. The number of carbonyl (C=O) groups is 1. The Hall–Kier alpha value is -2.57. The van der Waals surface area contributed by atoms with Crippen molar-refractivity contribution in [2.24, 2.45) is 0 Å². The second kappa shape index (κ2) is 6.90. The lowest BCUT2D eigenvalue weighted by atomic mass is 10.2. The van der Waals surface area contributed by atoms with Crippen molar-refractivity contribution in [1.82, 2.24) is 10.2 Å². The van der Waals surface area contributed by atoms with Gasteiger partial charge in [-0.1, -0.05) is 11.8 Å². The molecule has 0 unspecified atom stereocenters. The second-order valence-corrected chi connectivity index (χ2v) is 6.31. The van der Waals surface area contributed by atoms with Crippen molar-refractivity contribution in [3.05, 3.63) is 50.5 Å². The van der Waals surface area contributed by atoms with Crippen LogP contribution in [0.2, 0.25) is 0 Å². The van der Waals surface area contributed by atoms with Gasteiger partial charge in [-0.2, -0.15) is 5.26 Å². The van der Waals surface area contributed by atoms with Gasteiger partial charge in [-0.05, 0) is 17.7 Å². The van der Waals surface area contributed by atoms with E-state index in [1.54, 1.807) is 12.1 Å². The predicted octanol–water partition coefficient (Wildman–Crippen LogP) is 1.52. The number of ether oxygens (including phenoxy) is 1. The van der Waals surface area contributed by atoms with Crippen LogP contribution in [0.25, 0.3) is 0 Å². The first kappa shape index (κ1) is 16.3. The standard InChI is InChI=1S/C15H14N4O4S/c16-9-12-13(20)17-14(10-1-3-11(4-2-10)19(21)22)24-15(12)18-5-7-23-8-6-18/h1-4,14H,5-8H2,(H,17,20)/t14-/m0/s1. The van der Waals surface area contributed by atoms with Gasteiger partial charge in [0.05, 0.1) is 23.2 Å². The van der Waals surface area contributed by atoms with Crippen molar-refractivity contribution in [3.8, 4) is 6.07 Å². The molecule has 1 aromatic carbocycles. The number of hydrogen-bond donors (Lipinski definition) is 1. The van der Waals surface area contributed by atoms with Crippen molar-refractivity contribution in [2.45, 2.75) is 5.37 Å². The van der Waals surface area contributed by atoms with Crippen molar-refractivity contribution in [2.75, 3.05) is 26.3 Å². The van der Waals surface area contributed by atoms with E-state index in [9.17, 15) is 20.2 Å². The average molecular weight is 346 g/mol. The Labute approximate surface area is 142 Å². The van der Waals surface area contributed by atoms with Crippen LogP contribution in [0, 0.1) is 21.4 Å². The molecule has 2 aliphatic heterocycles. The van der Waals surface area contributed by atoms with Gasteiger partial charge in [-0.3, -0.25) is 14.9 Å². The number of benzene rings is 1. The number of morpholine rings is 1. The Kier molecular flexibility index (Phi) is 4.69. The largest absolute Gasteiger partial charge is 0.378 e. The molecule has 2 aliphatic rings. The molecule has 0 aromatic heterocycles. The number of rotatable bonds is 3. The van der Waals surface area contributed by atoms with E-state index in [-0.39, 0.29) is 11.3 Å². The zero-order chi connectivity index (χ0) is 17.1. The molecule has 9 heteroatoms. The van der Waals surface area contributed by atoms with Crippen LogP contribution in [-0.2, 0) is 9.53 Å². The molecule has 1 aromatic rings. The number of nitrogens with one attached hydrogen (secondary N) is 1. The highest BCUT2D eigenvalue weighted by Gasteiger charge is 2.32. The molecular formula is C15H14N4O4S. The smallest absolute Gasteiger partial charge is 0.269 e. The first-order valence-electron chi connectivity index (χ1n) is 7.29. The average Bonchev–Trinajstić information content (AvgIpc) is 2.62. The van der Waals surface area contributed by atoms with Crippen LogP contribution in [0.5, 0.6) is 0 Å². The number of hydrogen-bond acceptors (Lipinski definition) is 7. The third-order valence-electron chi connectivity index (χ3n) is 3.75. The number of nitrogens with zero attached hydrogens (tertiary/aromatic N) is 3. The number of nitro groups is 1. The van der Waals surface area contributed by atoms with Crippen molar-refractivity contribution >= 4 is 23.4 Å².